The summed E-state index contributed by atoms with van der Waals surface area (Å²) in [6, 6.07) is 3.24. The molecule has 6 nitrogen and oxygen atoms in total. The zero-order valence-corrected chi connectivity index (χ0v) is 9.10. The van der Waals surface area contributed by atoms with Gasteiger partial charge >= 0.3 is 7.60 Å². The van der Waals surface area contributed by atoms with Crippen LogP contribution in [0.5, 0.6) is 0 Å². The van der Waals surface area contributed by atoms with E-state index in [1.807, 2.05) is 0 Å². The number of benzene rings is 1. The Kier molecular flexibility index (Phi) is 3.06. The van der Waals surface area contributed by atoms with Gasteiger partial charge in [0.1, 0.15) is 0 Å². The number of nitrogens with zero attached hydrogens (tertiary/aromatic N) is 1. The van der Waals surface area contributed by atoms with Crippen LogP contribution in [0.4, 0.5) is 5.69 Å². The molecule has 0 fully saturated rings. The quantitative estimate of drug-likeness (QED) is 0.481. The Balaban J connectivity index is 3.36. The third-order valence-electron chi connectivity index (χ3n) is 1.45. The van der Waals surface area contributed by atoms with Crippen molar-refractivity contribution in [3.05, 3.63) is 32.8 Å². The lowest BCUT2D eigenvalue weighted by atomic mass is 10.3. The Bertz CT molecular complexity index is 428. The highest BCUT2D eigenvalue weighted by Crippen LogP contribution is 2.37. The maximum atomic E-state index is 10.9. The maximum Gasteiger partial charge on any atom is 0.357 e. The molecule has 1 aromatic carbocycles. The fourth-order valence-corrected chi connectivity index (χ4v) is 2.43. The molecular formula is C6H5BrNO5P. The molecule has 8 heteroatoms. The van der Waals surface area contributed by atoms with Crippen molar-refractivity contribution in [1.82, 2.24) is 0 Å². The van der Waals surface area contributed by atoms with Crippen LogP contribution in [0, 0.1) is 10.1 Å². The van der Waals surface area contributed by atoms with Gasteiger partial charge in [-0.3, -0.25) is 14.7 Å². The van der Waals surface area contributed by atoms with Crippen LogP contribution in [-0.4, -0.2) is 14.7 Å². The van der Waals surface area contributed by atoms with Crippen LogP contribution in [0.1, 0.15) is 0 Å². The monoisotopic (exact) mass is 281 g/mol. The van der Waals surface area contributed by atoms with E-state index in [1.165, 1.54) is 6.07 Å². The molecule has 1 aromatic rings. The molecule has 0 heterocycles. The molecular weight excluding hydrogens is 277 g/mol. The summed E-state index contributed by atoms with van der Waals surface area (Å²) >= 11 is 2.90. The lowest BCUT2D eigenvalue weighted by Crippen LogP contribution is -2.06. The van der Waals surface area contributed by atoms with Crippen LogP contribution >= 0.6 is 23.5 Å². The Morgan fingerprint density at radius 2 is 2.00 bits per heavy atom. The van der Waals surface area contributed by atoms with Gasteiger partial charge in [-0.25, -0.2) is 0 Å². The summed E-state index contributed by atoms with van der Waals surface area (Å²) in [4.78, 5) is 27.3. The van der Waals surface area contributed by atoms with Gasteiger partial charge in [0, 0.05) is 16.6 Å². The molecule has 14 heavy (non-hydrogen) atoms. The van der Waals surface area contributed by atoms with Gasteiger partial charge in [0.25, 0.3) is 5.69 Å². The second-order valence-corrected chi connectivity index (χ2v) is 4.86. The molecule has 2 N–H and O–H groups in total. The minimum absolute atomic E-state index is 0.149. The van der Waals surface area contributed by atoms with E-state index in [9.17, 15) is 14.7 Å². The van der Waals surface area contributed by atoms with Gasteiger partial charge in [0.05, 0.1) is 10.2 Å². The Morgan fingerprint density at radius 3 is 2.43 bits per heavy atom. The van der Waals surface area contributed by atoms with Crippen molar-refractivity contribution in [2.75, 3.05) is 0 Å². The Morgan fingerprint density at radius 1 is 1.43 bits per heavy atom. The van der Waals surface area contributed by atoms with E-state index in [-0.39, 0.29) is 15.5 Å². The summed E-state index contributed by atoms with van der Waals surface area (Å²) in [5, 5.41) is 9.95. The molecule has 0 saturated carbocycles. The topological polar surface area (TPSA) is 101 Å². The summed E-state index contributed by atoms with van der Waals surface area (Å²) in [6.07, 6.45) is 0. The zero-order chi connectivity index (χ0) is 10.9. The van der Waals surface area contributed by atoms with Crippen molar-refractivity contribution >= 4 is 34.5 Å². The predicted octanol–water partition coefficient (Wildman–Crippen LogP) is 1.16. The second-order valence-electron chi connectivity index (χ2n) is 2.44. The SMILES string of the molecule is O=[N+]([O-])c1ccc(Br)c(P(=O)(O)O)c1. The van der Waals surface area contributed by atoms with Crippen LogP contribution in [0.3, 0.4) is 0 Å². The van der Waals surface area contributed by atoms with Gasteiger partial charge in [-0.15, -0.1) is 0 Å². The lowest BCUT2D eigenvalue weighted by Gasteiger charge is -2.05. The summed E-state index contributed by atoms with van der Waals surface area (Å²) in [7, 11) is -4.47. The predicted molar refractivity (Wildman–Crippen MR) is 52.5 cm³/mol. The number of rotatable bonds is 2. The number of non-ortho nitro benzene ring substituents is 1. The molecule has 76 valence electrons. The first-order valence-corrected chi connectivity index (χ1v) is 5.73. The smallest absolute Gasteiger partial charge is 0.321 e. The van der Waals surface area contributed by atoms with Crippen molar-refractivity contribution in [3.63, 3.8) is 0 Å². The molecule has 0 saturated heterocycles. The molecule has 1 rings (SSSR count). The van der Waals surface area contributed by atoms with Crippen molar-refractivity contribution in [3.8, 4) is 0 Å². The van der Waals surface area contributed by atoms with Crippen molar-refractivity contribution < 1.29 is 19.3 Å². The van der Waals surface area contributed by atoms with Crippen LogP contribution in [-0.2, 0) is 4.57 Å². The normalized spacial score (nSPS) is 11.4. The fraction of sp³-hybridized carbons (Fsp3) is 0. The molecule has 0 radical (unpaired) electrons. The van der Waals surface area contributed by atoms with Gasteiger partial charge in [-0.05, 0) is 22.0 Å². The zero-order valence-electron chi connectivity index (χ0n) is 6.62. The average molecular weight is 282 g/mol. The number of halogens is 1. The molecule has 0 atom stereocenters. The fourth-order valence-electron chi connectivity index (χ4n) is 0.838. The van der Waals surface area contributed by atoms with E-state index in [1.54, 1.807) is 0 Å². The van der Waals surface area contributed by atoms with Crippen LogP contribution in [0.15, 0.2) is 22.7 Å². The molecule has 0 aromatic heterocycles. The van der Waals surface area contributed by atoms with E-state index in [2.05, 4.69) is 15.9 Å². The standard InChI is InChI=1S/C6H5BrNO5P/c7-5-2-1-4(8(9)10)3-6(5)14(11,12)13/h1-3H,(H2,11,12,13). The second kappa shape index (κ2) is 3.78. The highest BCUT2D eigenvalue weighted by Gasteiger charge is 2.23. The third kappa shape index (κ3) is 2.39. The minimum atomic E-state index is -4.47. The van der Waals surface area contributed by atoms with E-state index < -0.39 is 12.5 Å². The first-order chi connectivity index (χ1) is 6.32. The van der Waals surface area contributed by atoms with Crippen molar-refractivity contribution in [2.45, 2.75) is 0 Å². The molecule has 0 bridgehead atoms. The average Bonchev–Trinajstić information content (AvgIpc) is 2.02. The Labute approximate surface area is 87.0 Å². The maximum absolute atomic E-state index is 10.9. The molecule has 0 spiro atoms. The van der Waals surface area contributed by atoms with Gasteiger partial charge < -0.3 is 9.79 Å². The van der Waals surface area contributed by atoms with Crippen LogP contribution in [0.25, 0.3) is 0 Å². The Hall–Kier alpha value is -0.750. The first-order valence-electron chi connectivity index (χ1n) is 3.32. The van der Waals surface area contributed by atoms with Gasteiger partial charge in [0.2, 0.25) is 0 Å². The lowest BCUT2D eigenvalue weighted by molar-refractivity contribution is -0.384. The summed E-state index contributed by atoms with van der Waals surface area (Å²) < 4.78 is 11.0. The van der Waals surface area contributed by atoms with Crippen molar-refractivity contribution in [1.29, 1.82) is 0 Å². The van der Waals surface area contributed by atoms with E-state index in [0.717, 1.165) is 12.1 Å². The summed E-state index contributed by atoms with van der Waals surface area (Å²) in [6.45, 7) is 0. The number of nitro groups is 1. The first kappa shape index (κ1) is 11.3. The molecule has 0 aliphatic rings. The van der Waals surface area contributed by atoms with Crippen LogP contribution in [0.2, 0.25) is 0 Å². The van der Waals surface area contributed by atoms with Gasteiger partial charge in [-0.1, -0.05) is 0 Å². The van der Waals surface area contributed by atoms with Crippen molar-refractivity contribution in [2.24, 2.45) is 0 Å². The highest BCUT2D eigenvalue weighted by molar-refractivity contribution is 9.10. The largest absolute Gasteiger partial charge is 0.357 e. The molecule has 0 aliphatic carbocycles. The van der Waals surface area contributed by atoms with Gasteiger partial charge in [-0.2, -0.15) is 0 Å². The van der Waals surface area contributed by atoms with E-state index in [0.29, 0.717) is 0 Å². The number of hydrogen-bond donors (Lipinski definition) is 2. The van der Waals surface area contributed by atoms with Crippen LogP contribution < -0.4 is 5.30 Å². The number of hydrogen-bond acceptors (Lipinski definition) is 3. The summed E-state index contributed by atoms with van der Waals surface area (Å²) in [5.74, 6) is 0. The molecule has 0 amide bonds. The highest BCUT2D eigenvalue weighted by atomic mass is 79.9. The third-order valence-corrected chi connectivity index (χ3v) is 3.45. The number of nitro benzene ring substituents is 1. The molecule has 0 unspecified atom stereocenters. The minimum Gasteiger partial charge on any atom is -0.321 e. The van der Waals surface area contributed by atoms with Gasteiger partial charge in [0.15, 0.2) is 0 Å². The van der Waals surface area contributed by atoms with E-state index >= 15 is 0 Å². The van der Waals surface area contributed by atoms with E-state index in [4.69, 9.17) is 9.79 Å². The molecule has 0 aliphatic heterocycles. The summed E-state index contributed by atoms with van der Waals surface area (Å²) in [5.41, 5.74) is -0.355.